The molecule has 0 spiro atoms. The molecule has 240 valence electrons. The molecule has 0 aliphatic rings. The highest BCUT2D eigenvalue weighted by atomic mass is 19.4. The summed E-state index contributed by atoms with van der Waals surface area (Å²) in [6.07, 6.45) is -4.17. The van der Waals surface area contributed by atoms with Crippen molar-refractivity contribution in [2.75, 3.05) is 6.54 Å². The molecule has 3 aromatic carbocycles. The van der Waals surface area contributed by atoms with Crippen LogP contribution in [0.2, 0.25) is 0 Å². The summed E-state index contributed by atoms with van der Waals surface area (Å²) in [4.78, 5) is 52.1. The van der Waals surface area contributed by atoms with Crippen LogP contribution in [-0.2, 0) is 25.6 Å². The van der Waals surface area contributed by atoms with Crippen LogP contribution in [0.4, 0.5) is 13.2 Å². The first-order valence-electron chi connectivity index (χ1n) is 13.7. The summed E-state index contributed by atoms with van der Waals surface area (Å²) in [5.74, 6) is -4.97. The molecule has 0 aliphatic carbocycles. The first-order chi connectivity index (χ1) is 21.3. The average molecular weight is 629 g/mol. The van der Waals surface area contributed by atoms with E-state index in [4.69, 9.17) is 27.1 Å². The number of primary amides is 1. The lowest BCUT2D eigenvalue weighted by Gasteiger charge is -2.25. The fourth-order valence-electron chi connectivity index (χ4n) is 4.16. The van der Waals surface area contributed by atoms with E-state index in [0.717, 1.165) is 16.7 Å². The van der Waals surface area contributed by atoms with E-state index in [2.05, 4.69) is 15.6 Å². The number of alkyl halides is 3. The van der Waals surface area contributed by atoms with Gasteiger partial charge >= 0.3 is 12.1 Å². The highest BCUT2D eigenvalue weighted by Crippen LogP contribution is 2.25. The molecule has 0 aliphatic heterocycles. The molecule has 14 heteroatoms. The zero-order chi connectivity index (χ0) is 33.4. The van der Waals surface area contributed by atoms with Gasteiger partial charge in [0.1, 0.15) is 12.1 Å². The molecule has 0 aromatic heterocycles. The first kappa shape index (κ1) is 35.8. The van der Waals surface area contributed by atoms with E-state index in [1.54, 1.807) is 0 Å². The molecule has 0 bridgehead atoms. The quantitative estimate of drug-likeness (QED) is 0.0945. The van der Waals surface area contributed by atoms with Crippen LogP contribution in [-0.4, -0.2) is 59.6 Å². The number of hydrogen-bond acceptors (Lipinski definition) is 5. The van der Waals surface area contributed by atoms with Crippen molar-refractivity contribution >= 4 is 29.7 Å². The van der Waals surface area contributed by atoms with Gasteiger partial charge in [0.15, 0.2) is 5.96 Å². The number of nitrogens with zero attached hydrogens (tertiary/aromatic N) is 1. The van der Waals surface area contributed by atoms with Crippen molar-refractivity contribution < 1.29 is 37.5 Å². The lowest BCUT2D eigenvalue weighted by Crippen LogP contribution is -2.54. The molecule has 3 rings (SSSR count). The number of hydrogen-bond donors (Lipinski definition) is 6. The van der Waals surface area contributed by atoms with Gasteiger partial charge in [0.05, 0.1) is 5.92 Å². The van der Waals surface area contributed by atoms with Crippen LogP contribution < -0.4 is 27.8 Å². The molecule has 3 aromatic rings. The number of benzene rings is 3. The largest absolute Gasteiger partial charge is 0.490 e. The van der Waals surface area contributed by atoms with E-state index in [9.17, 15) is 27.6 Å². The Kier molecular flexibility index (Phi) is 14.0. The second-order valence-electron chi connectivity index (χ2n) is 9.72. The topological polar surface area (TPSA) is 203 Å². The summed E-state index contributed by atoms with van der Waals surface area (Å²) in [5.41, 5.74) is 18.9. The summed E-state index contributed by atoms with van der Waals surface area (Å²) in [6, 6.07) is 26.0. The van der Waals surface area contributed by atoms with Gasteiger partial charge in [-0.25, -0.2) is 4.79 Å². The van der Waals surface area contributed by atoms with Crippen LogP contribution in [0.25, 0.3) is 0 Å². The minimum Gasteiger partial charge on any atom is -0.475 e. The normalized spacial score (nSPS) is 12.1. The van der Waals surface area contributed by atoms with Crippen LogP contribution in [0.15, 0.2) is 96.0 Å². The zero-order valence-corrected chi connectivity index (χ0v) is 24.1. The van der Waals surface area contributed by atoms with Crippen molar-refractivity contribution in [2.45, 2.75) is 43.4 Å². The van der Waals surface area contributed by atoms with Gasteiger partial charge in [0, 0.05) is 13.0 Å². The van der Waals surface area contributed by atoms with Gasteiger partial charge in [-0.1, -0.05) is 91.0 Å². The lowest BCUT2D eigenvalue weighted by molar-refractivity contribution is -0.192. The number of guanidine groups is 1. The predicted octanol–water partition coefficient (Wildman–Crippen LogP) is 2.20. The number of rotatable bonds is 13. The number of carbonyl (C=O) groups is 4. The van der Waals surface area contributed by atoms with E-state index in [1.165, 1.54) is 0 Å². The summed E-state index contributed by atoms with van der Waals surface area (Å²) >= 11 is 0. The van der Waals surface area contributed by atoms with Crippen LogP contribution in [0.3, 0.4) is 0 Å². The molecule has 45 heavy (non-hydrogen) atoms. The zero-order valence-electron chi connectivity index (χ0n) is 24.1. The number of carboxylic acid groups (broad SMARTS) is 1. The Morgan fingerprint density at radius 1 is 0.733 bits per heavy atom. The van der Waals surface area contributed by atoms with Crippen LogP contribution in [0, 0.1) is 0 Å². The smallest absolute Gasteiger partial charge is 0.475 e. The van der Waals surface area contributed by atoms with Crippen molar-refractivity contribution in [3.05, 3.63) is 108 Å². The highest BCUT2D eigenvalue weighted by molar-refractivity contribution is 5.94. The van der Waals surface area contributed by atoms with E-state index in [0.29, 0.717) is 6.42 Å². The molecule has 0 radical (unpaired) electrons. The Balaban J connectivity index is 0.000000900. The Bertz CT molecular complexity index is 1380. The maximum Gasteiger partial charge on any atom is 0.490 e. The summed E-state index contributed by atoms with van der Waals surface area (Å²) < 4.78 is 31.7. The Morgan fingerprint density at radius 3 is 1.60 bits per heavy atom. The van der Waals surface area contributed by atoms with Crippen molar-refractivity contribution in [1.29, 1.82) is 0 Å². The predicted molar refractivity (Wildman–Crippen MR) is 162 cm³/mol. The van der Waals surface area contributed by atoms with Crippen LogP contribution >= 0.6 is 0 Å². The first-order valence-corrected chi connectivity index (χ1v) is 13.7. The number of aliphatic imine (C=N–C) groups is 1. The summed E-state index contributed by atoms with van der Waals surface area (Å²) in [6.45, 7) is 0.284. The van der Waals surface area contributed by atoms with Gasteiger partial charge in [-0.3, -0.25) is 19.4 Å². The number of amides is 3. The molecule has 9 N–H and O–H groups in total. The number of carbonyl (C=O) groups excluding carboxylic acids is 3. The Labute approximate surface area is 257 Å². The van der Waals surface area contributed by atoms with Crippen molar-refractivity contribution in [3.63, 3.8) is 0 Å². The maximum absolute atomic E-state index is 13.7. The van der Waals surface area contributed by atoms with E-state index in [-0.39, 0.29) is 31.3 Å². The number of aliphatic carboxylic acids is 1. The van der Waals surface area contributed by atoms with Crippen molar-refractivity contribution in [2.24, 2.45) is 22.2 Å². The Morgan fingerprint density at radius 2 is 1.18 bits per heavy atom. The van der Waals surface area contributed by atoms with E-state index in [1.807, 2.05) is 91.0 Å². The molecule has 0 unspecified atom stereocenters. The molecule has 0 fully saturated rings. The second kappa shape index (κ2) is 17.7. The Hall–Kier alpha value is -5.40. The minimum atomic E-state index is -5.08. The molecular formula is C31H35F3N6O5. The molecule has 0 saturated carbocycles. The monoisotopic (exact) mass is 628 g/mol. The summed E-state index contributed by atoms with van der Waals surface area (Å²) in [7, 11) is 0. The van der Waals surface area contributed by atoms with Crippen molar-refractivity contribution in [3.8, 4) is 0 Å². The van der Waals surface area contributed by atoms with E-state index >= 15 is 0 Å². The third-order valence-electron chi connectivity index (χ3n) is 6.29. The van der Waals surface area contributed by atoms with Gasteiger partial charge in [0.25, 0.3) is 0 Å². The average Bonchev–Trinajstić information content (AvgIpc) is 2.99. The molecular weight excluding hydrogens is 593 g/mol. The molecule has 3 amide bonds. The molecule has 2 atom stereocenters. The molecule has 0 saturated heterocycles. The van der Waals surface area contributed by atoms with Crippen LogP contribution in [0.5, 0.6) is 0 Å². The highest BCUT2D eigenvalue weighted by Gasteiger charge is 2.38. The van der Waals surface area contributed by atoms with Gasteiger partial charge in [-0.05, 0) is 29.5 Å². The summed E-state index contributed by atoms with van der Waals surface area (Å²) in [5, 5.41) is 12.7. The van der Waals surface area contributed by atoms with Crippen molar-refractivity contribution in [1.82, 2.24) is 10.6 Å². The van der Waals surface area contributed by atoms with Gasteiger partial charge < -0.3 is 32.9 Å². The minimum absolute atomic E-state index is 0.0556. The van der Waals surface area contributed by atoms with Gasteiger partial charge in [-0.15, -0.1) is 0 Å². The van der Waals surface area contributed by atoms with Gasteiger partial charge in [0.2, 0.25) is 17.7 Å². The molecule has 0 heterocycles. The SMILES string of the molecule is NC(=O)[C@H](Cc1ccccc1)NC(=O)[C@@H](CCCN=C(N)N)NC(=O)C(c1ccccc1)c1ccccc1.O=C(O)C(F)(F)F. The number of carboxylic acids is 1. The second-order valence-corrected chi connectivity index (χ2v) is 9.72. The maximum atomic E-state index is 13.7. The number of nitrogens with two attached hydrogens (primary N) is 3. The standard InChI is InChI=1S/C29H34N6O3.C2HF3O2/c30-26(36)24(19-20-11-4-1-5-12-20)35-27(37)23(17-10-18-33-29(31)32)34-28(38)25(21-13-6-2-7-14-21)22-15-8-3-9-16-22;3-2(4,5)1(6)7/h1-9,11-16,23-25H,10,17-19H2,(H2,30,36)(H,34,38)(H,35,37)(H4,31,32,33);(H,6,7)/t23-,24+;/m1./s1. The third-order valence-corrected chi connectivity index (χ3v) is 6.29. The lowest BCUT2D eigenvalue weighted by atomic mass is 9.90. The fraction of sp³-hybridized carbons (Fsp3) is 0.258. The third kappa shape index (κ3) is 12.8. The number of nitrogens with one attached hydrogen (secondary N) is 2. The van der Waals surface area contributed by atoms with Crippen LogP contribution in [0.1, 0.15) is 35.4 Å². The molecule has 11 nitrogen and oxygen atoms in total. The van der Waals surface area contributed by atoms with E-state index < -0.39 is 42.0 Å². The fourth-order valence-corrected chi connectivity index (χ4v) is 4.16. The van der Waals surface area contributed by atoms with Gasteiger partial charge in [-0.2, -0.15) is 13.2 Å². The number of halogens is 3.